The van der Waals surface area contributed by atoms with Crippen molar-refractivity contribution in [1.82, 2.24) is 0 Å². The second kappa shape index (κ2) is 13.8. The molecule has 11 rings (SSSR count). The number of hydrogen-bond acceptors (Lipinski definition) is 2. The molecule has 2 nitrogen and oxygen atoms in total. The van der Waals surface area contributed by atoms with Crippen LogP contribution in [0.25, 0.3) is 77.2 Å². The summed E-state index contributed by atoms with van der Waals surface area (Å²) in [5.74, 6) is 0.441. The monoisotopic (exact) mass is 754 g/mol. The van der Waals surface area contributed by atoms with E-state index in [-0.39, 0.29) is 11.5 Å². The van der Waals surface area contributed by atoms with Crippen LogP contribution in [0.2, 0.25) is 0 Å². The van der Waals surface area contributed by atoms with Crippen LogP contribution in [0, 0.1) is 0 Å². The minimum absolute atomic E-state index is 0.221. The molecule has 0 saturated carbocycles. The maximum absolute atomic E-state index is 11.6. The second-order valence-electron chi connectivity index (χ2n) is 15.5. The summed E-state index contributed by atoms with van der Waals surface area (Å²) in [5.41, 5.74) is 13.7. The molecule has 0 bridgehead atoms. The maximum Gasteiger partial charge on any atom is 0.123 e. The Morgan fingerprint density at radius 1 is 0.271 bits per heavy atom. The minimum atomic E-state index is -0.875. The van der Waals surface area contributed by atoms with E-state index in [4.69, 9.17) is 0 Å². The van der Waals surface area contributed by atoms with Crippen molar-refractivity contribution in [3.8, 4) is 67.1 Å². The molecule has 0 spiro atoms. The first kappa shape index (κ1) is 34.6. The molecule has 278 valence electrons. The van der Waals surface area contributed by atoms with Gasteiger partial charge in [0.15, 0.2) is 0 Å². The van der Waals surface area contributed by atoms with Gasteiger partial charge in [-0.15, -0.1) is 0 Å². The largest absolute Gasteiger partial charge is 0.507 e. The number of rotatable bonds is 6. The van der Waals surface area contributed by atoms with Crippen molar-refractivity contribution in [1.29, 1.82) is 0 Å². The van der Waals surface area contributed by atoms with Crippen molar-refractivity contribution in [2.24, 2.45) is 0 Å². The zero-order valence-electron chi connectivity index (χ0n) is 32.2. The molecular weight excluding hydrogens is 717 g/mol. The van der Waals surface area contributed by atoms with Crippen molar-refractivity contribution in [2.75, 3.05) is 0 Å². The highest BCUT2D eigenvalue weighted by molar-refractivity contribution is 6.00. The maximum atomic E-state index is 11.6. The molecule has 0 saturated heterocycles. The number of fused-ring (bicyclic) bond motifs is 5. The molecule has 0 atom stereocenters. The Balaban J connectivity index is 1.28. The van der Waals surface area contributed by atoms with Crippen LogP contribution in [0.3, 0.4) is 0 Å². The molecule has 0 heterocycles. The van der Waals surface area contributed by atoms with Crippen molar-refractivity contribution in [3.63, 3.8) is 0 Å². The Morgan fingerprint density at radius 3 is 1.14 bits per heavy atom. The summed E-state index contributed by atoms with van der Waals surface area (Å²) >= 11 is 0. The minimum Gasteiger partial charge on any atom is -0.507 e. The van der Waals surface area contributed by atoms with E-state index in [0.29, 0.717) is 0 Å². The van der Waals surface area contributed by atoms with E-state index >= 15 is 0 Å². The van der Waals surface area contributed by atoms with E-state index in [1.165, 1.54) is 32.7 Å². The van der Waals surface area contributed by atoms with Crippen LogP contribution >= 0.6 is 0 Å². The first-order valence-corrected chi connectivity index (χ1v) is 20.1. The van der Waals surface area contributed by atoms with Crippen molar-refractivity contribution in [3.05, 3.63) is 241 Å². The lowest BCUT2D eigenvalue weighted by atomic mass is 9.66. The third kappa shape index (κ3) is 5.49. The lowest BCUT2D eigenvalue weighted by Gasteiger charge is -2.35. The standard InChI is InChI=1S/C57H38O2/c58-55-31-27-43(35-51(55)39-13-3-1-4-14-39)57(44-28-32-56(59)52(36-44)40-15-5-2-6-16-40)53-33-41(47-23-11-19-37-17-7-9-21-45(37)47)25-29-49(53)50-30-26-42(34-54(50)57)48-24-12-20-38-18-8-10-22-46(38)48/h1-36,58-59H. The highest BCUT2D eigenvalue weighted by Crippen LogP contribution is 2.59. The van der Waals surface area contributed by atoms with Crippen LogP contribution < -0.4 is 0 Å². The second-order valence-corrected chi connectivity index (χ2v) is 15.5. The van der Waals surface area contributed by atoms with Crippen molar-refractivity contribution in [2.45, 2.75) is 5.41 Å². The Morgan fingerprint density at radius 2 is 0.678 bits per heavy atom. The predicted octanol–water partition coefficient (Wildman–Crippen LogP) is 14.4. The van der Waals surface area contributed by atoms with E-state index in [2.05, 4.69) is 146 Å². The van der Waals surface area contributed by atoms with Crippen molar-refractivity contribution >= 4 is 21.5 Å². The van der Waals surface area contributed by atoms with E-state index in [9.17, 15) is 10.2 Å². The smallest absolute Gasteiger partial charge is 0.123 e. The molecule has 10 aromatic rings. The fourth-order valence-electron chi connectivity index (χ4n) is 9.64. The van der Waals surface area contributed by atoms with Gasteiger partial charge in [-0.25, -0.2) is 0 Å². The van der Waals surface area contributed by atoms with Gasteiger partial charge in [0.2, 0.25) is 0 Å². The quantitative estimate of drug-likeness (QED) is 0.177. The van der Waals surface area contributed by atoms with Gasteiger partial charge >= 0.3 is 0 Å². The number of aromatic hydroxyl groups is 2. The number of benzene rings is 10. The SMILES string of the molecule is Oc1ccc(C2(c3ccc(O)c(-c4ccccc4)c3)c3cc(-c4cccc5ccccc45)ccc3-c3ccc(-c4cccc5ccccc45)cc32)cc1-c1ccccc1. The molecular formula is C57H38O2. The van der Waals surface area contributed by atoms with E-state index < -0.39 is 5.41 Å². The third-order valence-corrected chi connectivity index (χ3v) is 12.4. The van der Waals surface area contributed by atoms with Gasteiger partial charge in [0.25, 0.3) is 0 Å². The van der Waals surface area contributed by atoms with Crippen LogP contribution in [-0.4, -0.2) is 10.2 Å². The van der Waals surface area contributed by atoms with Gasteiger partial charge in [-0.1, -0.05) is 182 Å². The van der Waals surface area contributed by atoms with E-state index in [0.717, 1.165) is 66.8 Å². The predicted molar refractivity (Wildman–Crippen MR) is 244 cm³/mol. The topological polar surface area (TPSA) is 40.5 Å². The lowest BCUT2D eigenvalue weighted by Crippen LogP contribution is -2.29. The molecule has 0 fully saturated rings. The lowest BCUT2D eigenvalue weighted by molar-refractivity contribution is 0.477. The van der Waals surface area contributed by atoms with Crippen molar-refractivity contribution < 1.29 is 10.2 Å². The molecule has 2 N–H and O–H groups in total. The van der Waals surface area contributed by atoms with Gasteiger partial charge in [-0.3, -0.25) is 0 Å². The summed E-state index contributed by atoms with van der Waals surface area (Å²) in [6.45, 7) is 0. The third-order valence-electron chi connectivity index (χ3n) is 12.4. The fraction of sp³-hybridized carbons (Fsp3) is 0.0175. The summed E-state index contributed by atoms with van der Waals surface area (Å²) < 4.78 is 0. The van der Waals surface area contributed by atoms with Crippen LogP contribution in [0.1, 0.15) is 22.3 Å². The molecule has 10 aromatic carbocycles. The molecule has 0 aliphatic heterocycles. The van der Waals surface area contributed by atoms with Crippen LogP contribution in [0.4, 0.5) is 0 Å². The average Bonchev–Trinajstić information content (AvgIpc) is 3.59. The van der Waals surface area contributed by atoms with E-state index in [1.54, 1.807) is 0 Å². The summed E-state index contributed by atoms with van der Waals surface area (Å²) in [5, 5.41) is 27.9. The molecule has 1 aliphatic carbocycles. The van der Waals surface area contributed by atoms with Gasteiger partial charge in [0, 0.05) is 11.1 Å². The average molecular weight is 755 g/mol. The molecule has 1 aliphatic rings. The van der Waals surface area contributed by atoms with Crippen LogP contribution in [0.15, 0.2) is 218 Å². The zero-order valence-corrected chi connectivity index (χ0v) is 32.2. The van der Waals surface area contributed by atoms with Gasteiger partial charge in [-0.2, -0.15) is 0 Å². The fourth-order valence-corrected chi connectivity index (χ4v) is 9.64. The Hall–Kier alpha value is -7.68. The molecule has 2 heteroatoms. The Bertz CT molecular complexity index is 3010. The number of phenols is 2. The van der Waals surface area contributed by atoms with Gasteiger partial charge in [-0.05, 0) is 125 Å². The summed E-state index contributed by atoms with van der Waals surface area (Å²) in [6, 6.07) is 76.5. The first-order chi connectivity index (χ1) is 29.1. The van der Waals surface area contributed by atoms with Crippen LogP contribution in [-0.2, 0) is 5.41 Å². The molecule has 0 unspecified atom stereocenters. The van der Waals surface area contributed by atoms with Gasteiger partial charge in [0.1, 0.15) is 11.5 Å². The Labute approximate surface area is 343 Å². The number of phenolic OH excluding ortho intramolecular Hbond substituents is 2. The van der Waals surface area contributed by atoms with Crippen LogP contribution in [0.5, 0.6) is 11.5 Å². The summed E-state index contributed by atoms with van der Waals surface area (Å²) in [4.78, 5) is 0. The summed E-state index contributed by atoms with van der Waals surface area (Å²) in [6.07, 6.45) is 0. The van der Waals surface area contributed by atoms with Gasteiger partial charge < -0.3 is 10.2 Å². The summed E-state index contributed by atoms with van der Waals surface area (Å²) in [7, 11) is 0. The molecule has 0 aromatic heterocycles. The Kier molecular flexibility index (Phi) is 8.06. The normalized spacial score (nSPS) is 12.7. The van der Waals surface area contributed by atoms with Gasteiger partial charge in [0.05, 0.1) is 5.41 Å². The molecule has 59 heavy (non-hydrogen) atoms. The molecule has 0 radical (unpaired) electrons. The highest BCUT2D eigenvalue weighted by Gasteiger charge is 2.47. The molecule has 0 amide bonds. The number of hydrogen-bond donors (Lipinski definition) is 2. The van der Waals surface area contributed by atoms with E-state index in [1.807, 2.05) is 72.8 Å². The first-order valence-electron chi connectivity index (χ1n) is 20.1. The zero-order chi connectivity index (χ0) is 39.5. The highest BCUT2D eigenvalue weighted by atomic mass is 16.3.